The summed E-state index contributed by atoms with van der Waals surface area (Å²) in [5, 5.41) is 3.37. The fourth-order valence-electron chi connectivity index (χ4n) is 2.56. The monoisotopic (exact) mass is 450 g/mol. The van der Waals surface area contributed by atoms with Crippen molar-refractivity contribution in [2.45, 2.75) is 19.8 Å². The van der Waals surface area contributed by atoms with Gasteiger partial charge in [-0.05, 0) is 95.5 Å². The number of halogens is 2. The summed E-state index contributed by atoms with van der Waals surface area (Å²) in [7, 11) is 0. The summed E-state index contributed by atoms with van der Waals surface area (Å²) in [5.74, 6) is 0.762. The van der Waals surface area contributed by atoms with Crippen LogP contribution in [0, 0.1) is 9.49 Å². The molecule has 2 rings (SSSR count). The van der Waals surface area contributed by atoms with Gasteiger partial charge in [0.25, 0.3) is 5.91 Å². The first-order valence-corrected chi connectivity index (χ1v) is 8.94. The number of amides is 1. The fraction of sp³-hybridized carbons (Fsp3) is 0.533. The minimum Gasteiger partial charge on any atom is -0.339 e. The summed E-state index contributed by atoms with van der Waals surface area (Å²) in [4.78, 5) is 14.7. The Balaban J connectivity index is 2.09. The van der Waals surface area contributed by atoms with Gasteiger partial charge in [0, 0.05) is 21.1 Å². The SMILES string of the molecule is CCN(CC1CCNCC1)C(=O)c1cc(I)ccc1Br. The van der Waals surface area contributed by atoms with Crippen LogP contribution in [0.25, 0.3) is 0 Å². The standard InChI is InChI=1S/C15H20BrIN2O/c1-2-19(10-11-5-7-18-8-6-11)15(20)13-9-12(17)3-4-14(13)16/h3-4,9,11,18H,2,5-8,10H2,1H3. The lowest BCUT2D eigenvalue weighted by molar-refractivity contribution is 0.0726. The number of nitrogens with one attached hydrogen (secondary N) is 1. The van der Waals surface area contributed by atoms with Gasteiger partial charge in [-0.3, -0.25) is 4.79 Å². The Morgan fingerprint density at radius 2 is 2.15 bits per heavy atom. The summed E-state index contributed by atoms with van der Waals surface area (Å²) in [6.45, 7) is 5.84. The van der Waals surface area contributed by atoms with E-state index in [1.807, 2.05) is 23.1 Å². The molecule has 1 heterocycles. The molecule has 1 aliphatic heterocycles. The summed E-state index contributed by atoms with van der Waals surface area (Å²) in [6, 6.07) is 5.91. The van der Waals surface area contributed by atoms with E-state index in [0.717, 1.165) is 52.6 Å². The molecule has 1 saturated heterocycles. The van der Waals surface area contributed by atoms with Crippen molar-refractivity contribution in [3.8, 4) is 0 Å². The number of benzene rings is 1. The van der Waals surface area contributed by atoms with E-state index in [1.165, 1.54) is 0 Å². The number of carbonyl (C=O) groups is 1. The Hall–Kier alpha value is -0.140. The molecule has 0 aromatic heterocycles. The summed E-state index contributed by atoms with van der Waals surface area (Å²) in [5.41, 5.74) is 0.771. The molecule has 1 amide bonds. The van der Waals surface area contributed by atoms with E-state index in [4.69, 9.17) is 0 Å². The highest BCUT2D eigenvalue weighted by molar-refractivity contribution is 14.1. The Bertz CT molecular complexity index is 475. The number of rotatable bonds is 4. The van der Waals surface area contributed by atoms with E-state index >= 15 is 0 Å². The zero-order valence-corrected chi connectivity index (χ0v) is 15.4. The molecule has 1 N–H and O–H groups in total. The van der Waals surface area contributed by atoms with E-state index in [1.54, 1.807) is 0 Å². The number of nitrogens with zero attached hydrogens (tertiary/aromatic N) is 1. The van der Waals surface area contributed by atoms with Gasteiger partial charge in [-0.25, -0.2) is 0 Å². The Morgan fingerprint density at radius 3 is 2.80 bits per heavy atom. The van der Waals surface area contributed by atoms with Crippen LogP contribution in [0.3, 0.4) is 0 Å². The molecule has 0 radical (unpaired) electrons. The van der Waals surface area contributed by atoms with Crippen LogP contribution in [0.5, 0.6) is 0 Å². The van der Waals surface area contributed by atoms with E-state index in [0.29, 0.717) is 5.92 Å². The number of hydrogen-bond donors (Lipinski definition) is 1. The highest BCUT2D eigenvalue weighted by Gasteiger charge is 2.22. The van der Waals surface area contributed by atoms with Crippen LogP contribution in [-0.4, -0.2) is 37.0 Å². The maximum absolute atomic E-state index is 12.7. The van der Waals surface area contributed by atoms with Crippen LogP contribution in [0.15, 0.2) is 22.7 Å². The van der Waals surface area contributed by atoms with Crippen LogP contribution in [0.2, 0.25) is 0 Å². The van der Waals surface area contributed by atoms with Crippen LogP contribution in [0.4, 0.5) is 0 Å². The van der Waals surface area contributed by atoms with Gasteiger partial charge in [0.1, 0.15) is 0 Å². The smallest absolute Gasteiger partial charge is 0.255 e. The molecule has 3 nitrogen and oxygen atoms in total. The van der Waals surface area contributed by atoms with Crippen LogP contribution >= 0.6 is 38.5 Å². The molecule has 1 fully saturated rings. The normalized spacial score (nSPS) is 16.1. The highest BCUT2D eigenvalue weighted by Crippen LogP contribution is 2.22. The third kappa shape index (κ3) is 4.18. The maximum atomic E-state index is 12.7. The molecular formula is C15H20BrIN2O. The van der Waals surface area contributed by atoms with Crippen molar-refractivity contribution in [3.05, 3.63) is 31.8 Å². The minimum atomic E-state index is 0.136. The third-order valence-electron chi connectivity index (χ3n) is 3.77. The number of carbonyl (C=O) groups excluding carboxylic acids is 1. The number of piperidine rings is 1. The summed E-state index contributed by atoms with van der Waals surface area (Å²) < 4.78 is 1.97. The molecule has 1 aliphatic rings. The van der Waals surface area contributed by atoms with Crippen molar-refractivity contribution < 1.29 is 4.79 Å². The quantitative estimate of drug-likeness (QED) is 0.712. The molecule has 0 spiro atoms. The van der Waals surface area contributed by atoms with Gasteiger partial charge in [-0.1, -0.05) is 0 Å². The average Bonchev–Trinajstić information content (AvgIpc) is 2.47. The Labute approximate surface area is 142 Å². The lowest BCUT2D eigenvalue weighted by Gasteiger charge is -2.29. The first kappa shape index (κ1) is 16.2. The molecule has 0 atom stereocenters. The van der Waals surface area contributed by atoms with Gasteiger partial charge in [0.05, 0.1) is 5.56 Å². The molecule has 0 saturated carbocycles. The highest BCUT2D eigenvalue weighted by atomic mass is 127. The second-order valence-corrected chi connectivity index (χ2v) is 7.26. The third-order valence-corrected chi connectivity index (χ3v) is 5.13. The molecule has 5 heteroatoms. The van der Waals surface area contributed by atoms with Crippen molar-refractivity contribution in [2.24, 2.45) is 5.92 Å². The molecule has 0 unspecified atom stereocenters. The first-order chi connectivity index (χ1) is 9.61. The van der Waals surface area contributed by atoms with Crippen LogP contribution in [-0.2, 0) is 0 Å². The predicted octanol–water partition coefficient (Wildman–Crippen LogP) is 3.52. The molecule has 0 aliphatic carbocycles. The minimum absolute atomic E-state index is 0.136. The van der Waals surface area contributed by atoms with Gasteiger partial charge in [-0.15, -0.1) is 0 Å². The lowest BCUT2D eigenvalue weighted by atomic mass is 9.97. The van der Waals surface area contributed by atoms with E-state index in [2.05, 4.69) is 50.8 Å². The Kier molecular flexibility index (Phi) is 6.29. The van der Waals surface area contributed by atoms with Crippen molar-refractivity contribution in [1.82, 2.24) is 10.2 Å². The van der Waals surface area contributed by atoms with E-state index in [9.17, 15) is 4.79 Å². The largest absolute Gasteiger partial charge is 0.339 e. The number of hydrogen-bond acceptors (Lipinski definition) is 2. The predicted molar refractivity (Wildman–Crippen MR) is 94.0 cm³/mol. The molecule has 0 bridgehead atoms. The topological polar surface area (TPSA) is 32.3 Å². The fourth-order valence-corrected chi connectivity index (χ4v) is 3.47. The Morgan fingerprint density at radius 1 is 1.45 bits per heavy atom. The molecule has 20 heavy (non-hydrogen) atoms. The van der Waals surface area contributed by atoms with Gasteiger partial charge in [-0.2, -0.15) is 0 Å². The van der Waals surface area contributed by atoms with Crippen LogP contribution in [0.1, 0.15) is 30.1 Å². The lowest BCUT2D eigenvalue weighted by Crippen LogP contribution is -2.39. The van der Waals surface area contributed by atoms with Crippen molar-refractivity contribution in [2.75, 3.05) is 26.2 Å². The van der Waals surface area contributed by atoms with E-state index < -0.39 is 0 Å². The van der Waals surface area contributed by atoms with Gasteiger partial charge in [0.15, 0.2) is 0 Å². The molecule has 1 aromatic rings. The zero-order chi connectivity index (χ0) is 14.5. The van der Waals surface area contributed by atoms with Gasteiger partial charge < -0.3 is 10.2 Å². The summed E-state index contributed by atoms with van der Waals surface area (Å²) >= 11 is 5.74. The maximum Gasteiger partial charge on any atom is 0.255 e. The second-order valence-electron chi connectivity index (χ2n) is 5.16. The zero-order valence-electron chi connectivity index (χ0n) is 11.7. The van der Waals surface area contributed by atoms with E-state index in [-0.39, 0.29) is 5.91 Å². The first-order valence-electron chi connectivity index (χ1n) is 7.07. The van der Waals surface area contributed by atoms with Gasteiger partial charge in [0.2, 0.25) is 0 Å². The van der Waals surface area contributed by atoms with Crippen molar-refractivity contribution in [3.63, 3.8) is 0 Å². The second kappa shape index (κ2) is 7.75. The van der Waals surface area contributed by atoms with Crippen LogP contribution < -0.4 is 5.32 Å². The summed E-state index contributed by atoms with van der Waals surface area (Å²) in [6.07, 6.45) is 2.33. The van der Waals surface area contributed by atoms with Crippen molar-refractivity contribution >= 4 is 44.4 Å². The molecule has 110 valence electrons. The average molecular weight is 451 g/mol. The molecular weight excluding hydrogens is 431 g/mol. The van der Waals surface area contributed by atoms with Crippen molar-refractivity contribution in [1.29, 1.82) is 0 Å². The molecule has 1 aromatic carbocycles. The van der Waals surface area contributed by atoms with Gasteiger partial charge >= 0.3 is 0 Å².